The topological polar surface area (TPSA) is 75.4 Å². The van der Waals surface area contributed by atoms with Gasteiger partial charge in [0.05, 0.1) is 19.0 Å². The molecule has 0 aromatic carbocycles. The van der Waals surface area contributed by atoms with Crippen LogP contribution in [0.5, 0.6) is 0 Å². The molecule has 0 aromatic rings. The third kappa shape index (κ3) is 4.51. The highest BCUT2D eigenvalue weighted by atomic mass is 35.5. The maximum Gasteiger partial charge on any atom is 0.277 e. The van der Waals surface area contributed by atoms with Crippen LogP contribution in [0.2, 0.25) is 0 Å². The molecule has 21 heavy (non-hydrogen) atoms. The molecule has 0 spiro atoms. The van der Waals surface area contributed by atoms with Gasteiger partial charge in [0.2, 0.25) is 11.8 Å². The Morgan fingerprint density at radius 3 is 2.57 bits per heavy atom. The average Bonchev–Trinajstić information content (AvgIpc) is 3.05. The maximum absolute atomic E-state index is 13.0. The van der Waals surface area contributed by atoms with Gasteiger partial charge in [0.25, 0.3) is 5.92 Å². The van der Waals surface area contributed by atoms with Crippen LogP contribution in [0.1, 0.15) is 32.1 Å². The first-order valence-corrected chi connectivity index (χ1v) is 7.08. The van der Waals surface area contributed by atoms with Crippen LogP contribution < -0.4 is 11.1 Å². The van der Waals surface area contributed by atoms with E-state index >= 15 is 0 Å². The van der Waals surface area contributed by atoms with Gasteiger partial charge in [-0.1, -0.05) is 12.8 Å². The van der Waals surface area contributed by atoms with Crippen molar-refractivity contribution in [3.63, 3.8) is 0 Å². The number of hydrogen-bond donors (Lipinski definition) is 2. The summed E-state index contributed by atoms with van der Waals surface area (Å²) in [6.07, 6.45) is 4.29. The van der Waals surface area contributed by atoms with Gasteiger partial charge in [0.15, 0.2) is 0 Å². The average molecular weight is 326 g/mol. The van der Waals surface area contributed by atoms with E-state index in [1.807, 2.05) is 0 Å². The summed E-state index contributed by atoms with van der Waals surface area (Å²) in [6, 6.07) is 0.228. The van der Waals surface area contributed by atoms with E-state index < -0.39 is 30.8 Å². The van der Waals surface area contributed by atoms with Gasteiger partial charge in [-0.15, -0.1) is 12.4 Å². The highest BCUT2D eigenvalue weighted by Gasteiger charge is 2.39. The van der Waals surface area contributed by atoms with Gasteiger partial charge < -0.3 is 16.0 Å². The van der Waals surface area contributed by atoms with Gasteiger partial charge in [-0.2, -0.15) is 0 Å². The predicted molar refractivity (Wildman–Crippen MR) is 76.3 cm³/mol. The highest BCUT2D eigenvalue weighted by molar-refractivity contribution is 5.89. The predicted octanol–water partition coefficient (Wildman–Crippen LogP) is 0.909. The number of nitrogens with one attached hydrogen (secondary N) is 1. The SMILES string of the molecule is Cl.NCC(F)(F)CNC(=O)C1CC(=O)N(C2CCCC2)C1. The van der Waals surface area contributed by atoms with Crippen molar-refractivity contribution in [1.29, 1.82) is 0 Å². The summed E-state index contributed by atoms with van der Waals surface area (Å²) in [5, 5.41) is 2.20. The normalized spacial score (nSPS) is 23.3. The van der Waals surface area contributed by atoms with E-state index in [1.165, 1.54) is 0 Å². The van der Waals surface area contributed by atoms with Crippen molar-refractivity contribution < 1.29 is 18.4 Å². The fourth-order valence-electron chi connectivity index (χ4n) is 2.91. The Hall–Kier alpha value is -0.950. The summed E-state index contributed by atoms with van der Waals surface area (Å²) in [5.41, 5.74) is 4.91. The van der Waals surface area contributed by atoms with Crippen molar-refractivity contribution in [2.45, 2.75) is 44.1 Å². The number of likely N-dealkylation sites (tertiary alicyclic amines) is 1. The van der Waals surface area contributed by atoms with Crippen molar-refractivity contribution in [3.05, 3.63) is 0 Å². The summed E-state index contributed by atoms with van der Waals surface area (Å²) in [7, 11) is 0. The number of alkyl halides is 2. The summed E-state index contributed by atoms with van der Waals surface area (Å²) >= 11 is 0. The Morgan fingerprint density at radius 2 is 2.00 bits per heavy atom. The second kappa shape index (κ2) is 7.35. The molecule has 122 valence electrons. The fraction of sp³-hybridized carbons (Fsp3) is 0.846. The van der Waals surface area contributed by atoms with E-state index in [0.717, 1.165) is 25.7 Å². The zero-order valence-electron chi connectivity index (χ0n) is 11.8. The summed E-state index contributed by atoms with van der Waals surface area (Å²) < 4.78 is 26.0. The van der Waals surface area contributed by atoms with E-state index in [4.69, 9.17) is 5.73 Å². The molecule has 2 aliphatic rings. The van der Waals surface area contributed by atoms with Crippen LogP contribution in [0.3, 0.4) is 0 Å². The van der Waals surface area contributed by atoms with E-state index in [0.29, 0.717) is 6.54 Å². The molecular weight excluding hydrogens is 304 g/mol. The molecule has 5 nitrogen and oxygen atoms in total. The van der Waals surface area contributed by atoms with Crippen LogP contribution in [0.25, 0.3) is 0 Å². The molecule has 8 heteroatoms. The first-order chi connectivity index (χ1) is 9.43. The molecule has 0 radical (unpaired) electrons. The highest BCUT2D eigenvalue weighted by Crippen LogP contribution is 2.29. The van der Waals surface area contributed by atoms with Crippen molar-refractivity contribution in [2.24, 2.45) is 11.7 Å². The Bertz CT molecular complexity index is 390. The lowest BCUT2D eigenvalue weighted by Crippen LogP contribution is -2.44. The van der Waals surface area contributed by atoms with Crippen LogP contribution in [0.4, 0.5) is 8.78 Å². The van der Waals surface area contributed by atoms with Crippen molar-refractivity contribution >= 4 is 24.2 Å². The number of carbonyl (C=O) groups excluding carboxylic acids is 2. The Labute approximate surface area is 129 Å². The maximum atomic E-state index is 13.0. The van der Waals surface area contributed by atoms with Gasteiger partial charge in [0, 0.05) is 19.0 Å². The molecule has 3 N–H and O–H groups in total. The molecule has 1 aliphatic carbocycles. The molecule has 2 amide bonds. The summed E-state index contributed by atoms with van der Waals surface area (Å²) in [4.78, 5) is 25.5. The van der Waals surface area contributed by atoms with Crippen LogP contribution in [0.15, 0.2) is 0 Å². The number of nitrogens with two attached hydrogens (primary N) is 1. The van der Waals surface area contributed by atoms with Gasteiger partial charge in [-0.25, -0.2) is 8.78 Å². The molecule has 1 heterocycles. The zero-order valence-corrected chi connectivity index (χ0v) is 12.6. The minimum atomic E-state index is -3.09. The number of carbonyl (C=O) groups is 2. The number of rotatable bonds is 5. The van der Waals surface area contributed by atoms with E-state index in [9.17, 15) is 18.4 Å². The van der Waals surface area contributed by atoms with E-state index in [1.54, 1.807) is 4.90 Å². The second-order valence-electron chi connectivity index (χ2n) is 5.66. The Balaban J connectivity index is 0.00000220. The number of amides is 2. The molecule has 0 aromatic heterocycles. The molecule has 1 aliphatic heterocycles. The molecule has 2 rings (SSSR count). The van der Waals surface area contributed by atoms with E-state index in [-0.39, 0.29) is 30.8 Å². The third-order valence-corrected chi connectivity index (χ3v) is 4.11. The minimum Gasteiger partial charge on any atom is -0.350 e. The number of hydrogen-bond acceptors (Lipinski definition) is 3. The molecular formula is C13H22ClF2N3O2. The Kier molecular flexibility index (Phi) is 6.34. The van der Waals surface area contributed by atoms with Crippen molar-refractivity contribution in [3.8, 4) is 0 Å². The first kappa shape index (κ1) is 18.1. The minimum absolute atomic E-state index is 0. The fourth-order valence-corrected chi connectivity index (χ4v) is 2.91. The van der Waals surface area contributed by atoms with Crippen LogP contribution >= 0.6 is 12.4 Å². The zero-order chi connectivity index (χ0) is 14.8. The molecule has 1 saturated carbocycles. The summed E-state index contributed by atoms with van der Waals surface area (Å²) in [5.74, 6) is -4.13. The van der Waals surface area contributed by atoms with Crippen molar-refractivity contribution in [1.82, 2.24) is 10.2 Å². The quantitative estimate of drug-likeness (QED) is 0.789. The smallest absolute Gasteiger partial charge is 0.277 e. The lowest BCUT2D eigenvalue weighted by molar-refractivity contribution is -0.130. The van der Waals surface area contributed by atoms with Gasteiger partial charge in [-0.05, 0) is 12.8 Å². The first-order valence-electron chi connectivity index (χ1n) is 7.08. The molecule has 1 saturated heterocycles. The lowest BCUT2D eigenvalue weighted by atomic mass is 10.1. The molecule has 2 fully saturated rings. The third-order valence-electron chi connectivity index (χ3n) is 4.11. The number of nitrogens with zero attached hydrogens (tertiary/aromatic N) is 1. The second-order valence-corrected chi connectivity index (χ2v) is 5.66. The van der Waals surface area contributed by atoms with Crippen LogP contribution in [0, 0.1) is 5.92 Å². The monoisotopic (exact) mass is 325 g/mol. The van der Waals surface area contributed by atoms with Crippen molar-refractivity contribution in [2.75, 3.05) is 19.6 Å². The molecule has 1 unspecified atom stereocenters. The largest absolute Gasteiger partial charge is 0.350 e. The Morgan fingerprint density at radius 1 is 1.38 bits per heavy atom. The van der Waals surface area contributed by atoms with Crippen LogP contribution in [-0.2, 0) is 9.59 Å². The lowest BCUT2D eigenvalue weighted by Gasteiger charge is -2.24. The van der Waals surface area contributed by atoms with Gasteiger partial charge in [0.1, 0.15) is 0 Å². The molecule has 1 atom stereocenters. The standard InChI is InChI=1S/C13H21F2N3O2.ClH/c14-13(15,7-16)8-17-12(20)9-5-11(19)18(6-9)10-3-1-2-4-10;/h9-10H,1-8,16H2,(H,17,20);1H. The number of halogens is 3. The van der Waals surface area contributed by atoms with Gasteiger partial charge in [-0.3, -0.25) is 9.59 Å². The molecule has 0 bridgehead atoms. The van der Waals surface area contributed by atoms with E-state index in [2.05, 4.69) is 5.32 Å². The summed E-state index contributed by atoms with van der Waals surface area (Å²) in [6.45, 7) is -1.22. The van der Waals surface area contributed by atoms with Crippen LogP contribution in [-0.4, -0.2) is 48.3 Å². The van der Waals surface area contributed by atoms with Gasteiger partial charge >= 0.3 is 0 Å².